The molecule has 0 spiro atoms. The second kappa shape index (κ2) is 6.15. The molecule has 0 amide bonds. The summed E-state index contributed by atoms with van der Waals surface area (Å²) in [6.07, 6.45) is 12.4. The van der Waals surface area contributed by atoms with Crippen molar-refractivity contribution in [2.45, 2.75) is 25.8 Å². The van der Waals surface area contributed by atoms with Gasteiger partial charge in [0.1, 0.15) is 0 Å². The number of nitrogens with zero attached hydrogens (tertiary/aromatic N) is 1. The van der Waals surface area contributed by atoms with E-state index >= 15 is 0 Å². The molecular formula is C17H19N. The molecule has 1 aliphatic rings. The predicted molar refractivity (Wildman–Crippen MR) is 79.2 cm³/mol. The smallest absolute Gasteiger partial charge is 0.0717 e. The number of allylic oxidation sites excluding steroid dienone is 3. The molecule has 0 N–H and O–H groups in total. The molecule has 1 aliphatic carbocycles. The summed E-state index contributed by atoms with van der Waals surface area (Å²) in [4.78, 5) is 4.64. The van der Waals surface area contributed by atoms with Crippen LogP contribution in [0, 0.1) is 0 Å². The molecule has 0 saturated heterocycles. The first kappa shape index (κ1) is 12.6. The van der Waals surface area contributed by atoms with Crippen molar-refractivity contribution in [3.8, 4) is 0 Å². The average Bonchev–Trinajstić information content (AvgIpc) is 2.40. The maximum atomic E-state index is 4.64. The summed E-state index contributed by atoms with van der Waals surface area (Å²) < 4.78 is 0. The molecule has 0 fully saturated rings. The van der Waals surface area contributed by atoms with Crippen molar-refractivity contribution in [3.63, 3.8) is 0 Å². The van der Waals surface area contributed by atoms with Gasteiger partial charge in [-0.15, -0.1) is 6.58 Å². The van der Waals surface area contributed by atoms with Crippen LogP contribution in [0.15, 0.2) is 65.7 Å². The van der Waals surface area contributed by atoms with Crippen molar-refractivity contribution in [1.29, 1.82) is 0 Å². The Balaban J connectivity index is 2.09. The minimum absolute atomic E-state index is 0.283. The highest BCUT2D eigenvalue weighted by Gasteiger charge is 2.04. The monoisotopic (exact) mass is 237 g/mol. The van der Waals surface area contributed by atoms with Gasteiger partial charge in [0.15, 0.2) is 0 Å². The molecule has 0 aliphatic heterocycles. The zero-order valence-corrected chi connectivity index (χ0v) is 10.8. The summed E-state index contributed by atoms with van der Waals surface area (Å²) in [6, 6.07) is 8.63. The first-order chi connectivity index (χ1) is 8.79. The van der Waals surface area contributed by atoms with Crippen LogP contribution >= 0.6 is 0 Å². The van der Waals surface area contributed by atoms with Gasteiger partial charge in [-0.25, -0.2) is 0 Å². The Bertz CT molecular complexity index is 506. The number of rotatable bonds is 4. The van der Waals surface area contributed by atoms with Crippen LogP contribution in [0.5, 0.6) is 0 Å². The lowest BCUT2D eigenvalue weighted by molar-refractivity contribution is 0.824. The van der Waals surface area contributed by atoms with E-state index in [-0.39, 0.29) is 6.04 Å². The van der Waals surface area contributed by atoms with Crippen LogP contribution < -0.4 is 0 Å². The first-order valence-corrected chi connectivity index (χ1v) is 6.36. The van der Waals surface area contributed by atoms with Gasteiger partial charge in [0.25, 0.3) is 0 Å². The van der Waals surface area contributed by atoms with Crippen LogP contribution in [-0.4, -0.2) is 12.3 Å². The second-order valence-electron chi connectivity index (χ2n) is 4.58. The summed E-state index contributed by atoms with van der Waals surface area (Å²) in [5.41, 5.74) is 3.80. The van der Waals surface area contributed by atoms with Crippen molar-refractivity contribution >= 4 is 6.21 Å². The van der Waals surface area contributed by atoms with Crippen LogP contribution in [0.1, 0.15) is 24.5 Å². The fourth-order valence-electron chi connectivity index (χ4n) is 2.00. The molecule has 1 unspecified atom stereocenters. The maximum Gasteiger partial charge on any atom is 0.0717 e. The summed E-state index contributed by atoms with van der Waals surface area (Å²) >= 11 is 0. The van der Waals surface area contributed by atoms with Gasteiger partial charge in [0, 0.05) is 6.21 Å². The standard InChI is InChI=1S/C17H19N/c1-3-6-15-7-4-5-8-16(15)13-18-17-11-9-14(2)10-12-17/h3-5,7-11,13,17H,1,6,12H2,2H3. The van der Waals surface area contributed by atoms with Gasteiger partial charge < -0.3 is 0 Å². The minimum Gasteiger partial charge on any atom is -0.285 e. The largest absolute Gasteiger partial charge is 0.285 e. The summed E-state index contributed by atoms with van der Waals surface area (Å²) in [5, 5.41) is 0. The molecular weight excluding hydrogens is 218 g/mol. The van der Waals surface area contributed by atoms with Gasteiger partial charge in [-0.3, -0.25) is 4.99 Å². The van der Waals surface area contributed by atoms with Crippen LogP contribution in [0.4, 0.5) is 0 Å². The number of aliphatic imine (C=N–C) groups is 1. The fourth-order valence-corrected chi connectivity index (χ4v) is 2.00. The summed E-state index contributed by atoms with van der Waals surface area (Å²) in [7, 11) is 0. The number of hydrogen-bond acceptors (Lipinski definition) is 1. The Hall–Kier alpha value is -1.89. The molecule has 0 radical (unpaired) electrons. The molecule has 0 bridgehead atoms. The highest BCUT2D eigenvalue weighted by Crippen LogP contribution is 2.13. The molecule has 1 aromatic rings. The number of benzene rings is 1. The van der Waals surface area contributed by atoms with E-state index in [1.165, 1.54) is 16.7 Å². The highest BCUT2D eigenvalue weighted by atomic mass is 14.8. The zero-order valence-electron chi connectivity index (χ0n) is 10.8. The highest BCUT2D eigenvalue weighted by molar-refractivity contribution is 5.82. The molecule has 1 aromatic carbocycles. The van der Waals surface area contributed by atoms with Gasteiger partial charge in [0.2, 0.25) is 0 Å². The second-order valence-corrected chi connectivity index (χ2v) is 4.58. The maximum absolute atomic E-state index is 4.64. The Labute approximate surface area is 109 Å². The third-order valence-corrected chi connectivity index (χ3v) is 3.09. The topological polar surface area (TPSA) is 12.4 Å². The van der Waals surface area contributed by atoms with E-state index < -0.39 is 0 Å². The Morgan fingerprint density at radius 2 is 2.22 bits per heavy atom. The van der Waals surface area contributed by atoms with E-state index in [4.69, 9.17) is 0 Å². The van der Waals surface area contributed by atoms with Crippen molar-refractivity contribution in [1.82, 2.24) is 0 Å². The molecule has 0 heterocycles. The van der Waals surface area contributed by atoms with E-state index in [0.717, 1.165) is 12.8 Å². The van der Waals surface area contributed by atoms with Gasteiger partial charge in [-0.2, -0.15) is 0 Å². The van der Waals surface area contributed by atoms with Crippen molar-refractivity contribution in [3.05, 3.63) is 71.8 Å². The average molecular weight is 237 g/mol. The molecule has 18 heavy (non-hydrogen) atoms. The van der Waals surface area contributed by atoms with E-state index in [1.54, 1.807) is 0 Å². The van der Waals surface area contributed by atoms with E-state index in [9.17, 15) is 0 Å². The third-order valence-electron chi connectivity index (χ3n) is 3.09. The van der Waals surface area contributed by atoms with Crippen molar-refractivity contribution < 1.29 is 0 Å². The van der Waals surface area contributed by atoms with Gasteiger partial charge in [-0.05, 0) is 30.9 Å². The normalized spacial score (nSPS) is 18.9. The quantitative estimate of drug-likeness (QED) is 0.552. The zero-order chi connectivity index (χ0) is 12.8. The van der Waals surface area contributed by atoms with E-state index in [0.29, 0.717) is 0 Å². The minimum atomic E-state index is 0.283. The summed E-state index contributed by atoms with van der Waals surface area (Å²) in [5.74, 6) is 0. The molecule has 0 aromatic heterocycles. The Kier molecular flexibility index (Phi) is 4.30. The molecule has 92 valence electrons. The lowest BCUT2D eigenvalue weighted by Gasteiger charge is -2.10. The van der Waals surface area contributed by atoms with Crippen LogP contribution in [0.2, 0.25) is 0 Å². The Morgan fingerprint density at radius 3 is 2.94 bits per heavy atom. The number of hydrogen-bond donors (Lipinski definition) is 0. The predicted octanol–water partition coefficient (Wildman–Crippen LogP) is 4.11. The molecule has 1 atom stereocenters. The SMILES string of the molecule is C=CCc1ccccc1C=NC1C=CC(C)=CC1. The van der Waals surface area contributed by atoms with Gasteiger partial charge >= 0.3 is 0 Å². The van der Waals surface area contributed by atoms with Crippen molar-refractivity contribution in [2.75, 3.05) is 0 Å². The van der Waals surface area contributed by atoms with E-state index in [1.807, 2.05) is 12.3 Å². The molecule has 2 rings (SSSR count). The van der Waals surface area contributed by atoms with Gasteiger partial charge in [-0.1, -0.05) is 54.1 Å². The first-order valence-electron chi connectivity index (χ1n) is 6.36. The van der Waals surface area contributed by atoms with Crippen LogP contribution in [0.25, 0.3) is 0 Å². The van der Waals surface area contributed by atoms with Crippen molar-refractivity contribution in [2.24, 2.45) is 4.99 Å². The fraction of sp³-hybridized carbons (Fsp3) is 0.235. The van der Waals surface area contributed by atoms with Crippen LogP contribution in [0.3, 0.4) is 0 Å². The van der Waals surface area contributed by atoms with Gasteiger partial charge in [0.05, 0.1) is 6.04 Å². The third kappa shape index (κ3) is 3.30. The van der Waals surface area contributed by atoms with E-state index in [2.05, 4.69) is 61.0 Å². The molecule has 0 saturated carbocycles. The lowest BCUT2D eigenvalue weighted by Crippen LogP contribution is -2.03. The lowest BCUT2D eigenvalue weighted by atomic mass is 10.0. The molecule has 1 nitrogen and oxygen atoms in total. The Morgan fingerprint density at radius 1 is 1.39 bits per heavy atom. The molecule has 1 heteroatoms. The summed E-state index contributed by atoms with van der Waals surface area (Å²) in [6.45, 7) is 5.91. The van der Waals surface area contributed by atoms with Crippen LogP contribution in [-0.2, 0) is 6.42 Å².